The van der Waals surface area contributed by atoms with E-state index < -0.39 is 0 Å². The molecule has 90 valence electrons. The molecule has 0 aliphatic carbocycles. The lowest BCUT2D eigenvalue weighted by Gasteiger charge is -2.14. The minimum Gasteiger partial charge on any atom is -0.497 e. The second-order valence-electron chi connectivity index (χ2n) is 3.65. The first-order valence-electron chi connectivity index (χ1n) is 5.18. The van der Waals surface area contributed by atoms with Gasteiger partial charge in [0.25, 0.3) is 0 Å². The lowest BCUT2D eigenvalue weighted by molar-refractivity contribution is 0.414. The molecule has 1 aromatic carbocycles. The van der Waals surface area contributed by atoms with Gasteiger partial charge in [0.1, 0.15) is 5.75 Å². The third-order valence-electron chi connectivity index (χ3n) is 2.37. The third-order valence-corrected chi connectivity index (χ3v) is 3.78. The van der Waals surface area contributed by atoms with Gasteiger partial charge in [-0.25, -0.2) is 0 Å². The van der Waals surface area contributed by atoms with E-state index in [4.69, 9.17) is 4.74 Å². The molecule has 3 nitrogen and oxygen atoms in total. The average molecular weight is 313 g/mol. The second kappa shape index (κ2) is 5.51. The maximum absolute atomic E-state index is 5.23. The van der Waals surface area contributed by atoms with Crippen LogP contribution in [0.5, 0.6) is 5.75 Å². The van der Waals surface area contributed by atoms with Gasteiger partial charge in [0, 0.05) is 27.3 Å². The zero-order chi connectivity index (χ0) is 12.3. The molecule has 1 aromatic heterocycles. The van der Waals surface area contributed by atoms with Crippen LogP contribution in [0, 0.1) is 0 Å². The van der Waals surface area contributed by atoms with Gasteiger partial charge in [-0.3, -0.25) is 4.98 Å². The van der Waals surface area contributed by atoms with Gasteiger partial charge >= 0.3 is 0 Å². The van der Waals surface area contributed by atoms with Crippen molar-refractivity contribution >= 4 is 33.0 Å². The number of hydrogen-bond acceptors (Lipinski definition) is 4. The van der Waals surface area contributed by atoms with E-state index >= 15 is 0 Å². The Kier molecular flexibility index (Phi) is 4.02. The minimum absolute atomic E-state index is 0.238. The fraction of sp³-hybridized carbons (Fsp3) is 0.250. The summed E-state index contributed by atoms with van der Waals surface area (Å²) in [5.74, 6) is 0.832. The molecule has 17 heavy (non-hydrogen) atoms. The van der Waals surface area contributed by atoms with Gasteiger partial charge in [0.15, 0.2) is 0 Å². The monoisotopic (exact) mass is 312 g/mol. The Labute approximate surface area is 113 Å². The van der Waals surface area contributed by atoms with Gasteiger partial charge in [0.05, 0.1) is 18.7 Å². The molecule has 1 heterocycles. The largest absolute Gasteiger partial charge is 0.497 e. The summed E-state index contributed by atoms with van der Waals surface area (Å²) in [6, 6.07) is 6.17. The number of nitrogens with one attached hydrogen (secondary N) is 1. The molecule has 0 fully saturated rings. The van der Waals surface area contributed by atoms with E-state index in [0.717, 1.165) is 15.9 Å². The third kappa shape index (κ3) is 3.20. The van der Waals surface area contributed by atoms with Crippen LogP contribution in [0.1, 0.15) is 17.8 Å². The normalized spacial score (nSPS) is 12.2. The second-order valence-corrected chi connectivity index (χ2v) is 5.48. The minimum atomic E-state index is 0.238. The summed E-state index contributed by atoms with van der Waals surface area (Å²) < 4.78 is 6.22. The number of nitrogens with zero attached hydrogens (tertiary/aromatic N) is 1. The van der Waals surface area contributed by atoms with Crippen molar-refractivity contribution in [2.45, 2.75) is 13.0 Å². The summed E-state index contributed by atoms with van der Waals surface area (Å²) >= 11 is 5.11. The molecule has 1 atom stereocenters. The van der Waals surface area contributed by atoms with Crippen molar-refractivity contribution in [1.29, 1.82) is 0 Å². The smallest absolute Gasteiger partial charge is 0.122 e. The van der Waals surface area contributed by atoms with Crippen LogP contribution in [0.15, 0.2) is 34.4 Å². The standard InChI is InChI=1S/C12H13BrN2OS/c1-8(12-6-14-7-17-12)15-10-3-9(13)4-11(5-10)16-2/h3-8,15H,1-2H3. The fourth-order valence-electron chi connectivity index (χ4n) is 1.52. The van der Waals surface area contributed by atoms with Crippen LogP contribution in [0.25, 0.3) is 0 Å². The lowest BCUT2D eigenvalue weighted by atomic mass is 10.2. The lowest BCUT2D eigenvalue weighted by Crippen LogP contribution is -2.04. The van der Waals surface area contributed by atoms with Crippen molar-refractivity contribution in [1.82, 2.24) is 4.98 Å². The molecule has 2 aromatic rings. The maximum atomic E-state index is 5.23. The zero-order valence-electron chi connectivity index (χ0n) is 9.61. The summed E-state index contributed by atoms with van der Waals surface area (Å²) in [5.41, 5.74) is 2.87. The van der Waals surface area contributed by atoms with Crippen molar-refractivity contribution in [3.63, 3.8) is 0 Å². The van der Waals surface area contributed by atoms with Crippen molar-refractivity contribution in [2.75, 3.05) is 12.4 Å². The highest BCUT2D eigenvalue weighted by Crippen LogP contribution is 2.28. The number of anilines is 1. The summed E-state index contributed by atoms with van der Waals surface area (Å²) in [5, 5.41) is 3.42. The molecule has 0 amide bonds. The number of methoxy groups -OCH3 is 1. The highest BCUT2D eigenvalue weighted by molar-refractivity contribution is 9.10. The predicted molar refractivity (Wildman–Crippen MR) is 74.8 cm³/mol. The Morgan fingerprint density at radius 2 is 2.24 bits per heavy atom. The molecule has 0 saturated carbocycles. The number of ether oxygens (including phenoxy) is 1. The van der Waals surface area contributed by atoms with E-state index in [1.807, 2.05) is 29.9 Å². The first-order valence-corrected chi connectivity index (χ1v) is 6.86. The van der Waals surface area contributed by atoms with E-state index in [1.54, 1.807) is 18.4 Å². The molecule has 0 spiro atoms. The van der Waals surface area contributed by atoms with Crippen LogP contribution < -0.4 is 10.1 Å². The van der Waals surface area contributed by atoms with E-state index in [0.29, 0.717) is 0 Å². The van der Waals surface area contributed by atoms with Gasteiger partial charge in [-0.1, -0.05) is 15.9 Å². The molecule has 0 aliphatic heterocycles. The Hall–Kier alpha value is -1.07. The molecule has 0 saturated heterocycles. The van der Waals surface area contributed by atoms with Crippen molar-refractivity contribution in [2.24, 2.45) is 0 Å². The maximum Gasteiger partial charge on any atom is 0.122 e. The molecule has 2 rings (SSSR count). The number of thiazole rings is 1. The van der Waals surface area contributed by atoms with Crippen molar-refractivity contribution < 1.29 is 4.74 Å². The average Bonchev–Trinajstić information content (AvgIpc) is 2.81. The van der Waals surface area contributed by atoms with Gasteiger partial charge in [-0.15, -0.1) is 11.3 Å². The number of rotatable bonds is 4. The Balaban J connectivity index is 2.15. The van der Waals surface area contributed by atoms with E-state index in [9.17, 15) is 0 Å². The SMILES string of the molecule is COc1cc(Br)cc(NC(C)c2cncs2)c1. The quantitative estimate of drug-likeness (QED) is 0.923. The van der Waals surface area contributed by atoms with Gasteiger partial charge < -0.3 is 10.1 Å². The Bertz CT molecular complexity index is 487. The summed E-state index contributed by atoms with van der Waals surface area (Å²) in [4.78, 5) is 5.29. The van der Waals surface area contributed by atoms with Gasteiger partial charge in [0.2, 0.25) is 0 Å². The molecular formula is C12H13BrN2OS. The van der Waals surface area contributed by atoms with E-state index in [1.165, 1.54) is 4.88 Å². The molecule has 1 N–H and O–H groups in total. The first kappa shape index (κ1) is 12.4. The molecular weight excluding hydrogens is 300 g/mol. The Morgan fingerprint density at radius 3 is 2.88 bits per heavy atom. The zero-order valence-corrected chi connectivity index (χ0v) is 12.0. The molecule has 0 aliphatic rings. The number of hydrogen-bond donors (Lipinski definition) is 1. The van der Waals surface area contributed by atoms with Gasteiger partial charge in [-0.2, -0.15) is 0 Å². The number of benzene rings is 1. The Morgan fingerprint density at radius 1 is 1.41 bits per heavy atom. The van der Waals surface area contributed by atoms with Crippen LogP contribution in [-0.4, -0.2) is 12.1 Å². The topological polar surface area (TPSA) is 34.1 Å². The number of aromatic nitrogens is 1. The van der Waals surface area contributed by atoms with Crippen molar-refractivity contribution in [3.05, 3.63) is 39.3 Å². The molecule has 1 unspecified atom stereocenters. The fourth-order valence-corrected chi connectivity index (χ4v) is 2.62. The molecule has 0 radical (unpaired) electrons. The summed E-state index contributed by atoms with van der Waals surface area (Å²) in [7, 11) is 1.66. The predicted octanol–water partition coefficient (Wildman–Crippen LogP) is 4.09. The van der Waals surface area contributed by atoms with Crippen LogP contribution in [-0.2, 0) is 0 Å². The van der Waals surface area contributed by atoms with Gasteiger partial charge in [-0.05, 0) is 19.1 Å². The summed E-state index contributed by atoms with van der Waals surface area (Å²) in [6.07, 6.45) is 1.89. The summed E-state index contributed by atoms with van der Waals surface area (Å²) in [6.45, 7) is 2.11. The highest BCUT2D eigenvalue weighted by Gasteiger charge is 2.08. The van der Waals surface area contributed by atoms with Crippen LogP contribution >= 0.6 is 27.3 Å². The molecule has 0 bridgehead atoms. The van der Waals surface area contributed by atoms with E-state index in [-0.39, 0.29) is 6.04 Å². The van der Waals surface area contributed by atoms with Crippen LogP contribution in [0.2, 0.25) is 0 Å². The first-order chi connectivity index (χ1) is 8.19. The highest BCUT2D eigenvalue weighted by atomic mass is 79.9. The van der Waals surface area contributed by atoms with Crippen molar-refractivity contribution in [3.8, 4) is 5.75 Å². The number of halogens is 1. The van der Waals surface area contributed by atoms with Crippen LogP contribution in [0.3, 0.4) is 0 Å². The molecule has 5 heteroatoms. The van der Waals surface area contributed by atoms with Crippen LogP contribution in [0.4, 0.5) is 5.69 Å². The van der Waals surface area contributed by atoms with E-state index in [2.05, 4.69) is 33.2 Å².